The lowest BCUT2D eigenvalue weighted by molar-refractivity contribution is -0.723. The fraction of sp³-hybridized carbons (Fsp3) is 0.684. The van der Waals surface area contributed by atoms with Crippen LogP contribution in [0.2, 0.25) is 0 Å². The lowest BCUT2D eigenvalue weighted by Crippen LogP contribution is -2.93. The van der Waals surface area contributed by atoms with Gasteiger partial charge in [0.25, 0.3) is 0 Å². The molecule has 0 spiro atoms. The average Bonchev–Trinajstić information content (AvgIpc) is 2.54. The molecule has 0 atom stereocenters. The van der Waals surface area contributed by atoms with E-state index in [1.807, 2.05) is 6.07 Å². The molecule has 0 aromatic heterocycles. The second-order valence-electron chi connectivity index (χ2n) is 7.75. The molecule has 0 radical (unpaired) electrons. The highest BCUT2D eigenvalue weighted by Gasteiger charge is 2.50. The van der Waals surface area contributed by atoms with Crippen LogP contribution in [-0.4, -0.2) is 20.3 Å². The molecule has 23 heavy (non-hydrogen) atoms. The van der Waals surface area contributed by atoms with Crippen molar-refractivity contribution in [3.63, 3.8) is 0 Å². The normalized spacial score (nSPS) is 34.7. The Hall–Kier alpha value is -0.740. The number of hydrogen-bond donors (Lipinski definition) is 1. The molecule has 0 amide bonds. The third kappa shape index (κ3) is 2.89. The third-order valence-corrected chi connectivity index (χ3v) is 7.20. The minimum Gasteiger partial charge on any atom is -0.493 e. The predicted octanol–water partition coefficient (Wildman–Crippen LogP) is 3.35. The van der Waals surface area contributed by atoms with E-state index in [-0.39, 0.29) is 0 Å². The summed E-state index contributed by atoms with van der Waals surface area (Å²) in [6.45, 7) is 1.02. The van der Waals surface area contributed by atoms with Crippen molar-refractivity contribution in [3.8, 4) is 11.5 Å². The minimum atomic E-state index is 0.790. The lowest BCUT2D eigenvalue weighted by atomic mass is 9.54. The van der Waals surface area contributed by atoms with Gasteiger partial charge in [0, 0.05) is 21.9 Å². The van der Waals surface area contributed by atoms with Crippen molar-refractivity contribution in [1.29, 1.82) is 0 Å². The molecule has 0 saturated heterocycles. The van der Waals surface area contributed by atoms with E-state index in [9.17, 15) is 0 Å². The Balaban J connectivity index is 1.47. The van der Waals surface area contributed by atoms with Crippen LogP contribution >= 0.6 is 15.9 Å². The van der Waals surface area contributed by atoms with Gasteiger partial charge in [0.1, 0.15) is 6.54 Å². The van der Waals surface area contributed by atoms with E-state index in [0.29, 0.717) is 0 Å². The fourth-order valence-electron chi connectivity index (χ4n) is 5.67. The molecular weight excluding hydrogens is 354 g/mol. The molecule has 1 aromatic carbocycles. The fourth-order valence-corrected chi connectivity index (χ4v) is 6.15. The van der Waals surface area contributed by atoms with Gasteiger partial charge in [-0.05, 0) is 56.1 Å². The highest BCUT2D eigenvalue weighted by Crippen LogP contribution is 2.52. The Morgan fingerprint density at radius 2 is 1.52 bits per heavy atom. The summed E-state index contributed by atoms with van der Waals surface area (Å²) < 4.78 is 12.0. The number of benzene rings is 1. The zero-order valence-corrected chi connectivity index (χ0v) is 15.6. The van der Waals surface area contributed by atoms with Gasteiger partial charge in [-0.1, -0.05) is 15.9 Å². The topological polar surface area (TPSA) is 35.1 Å². The monoisotopic (exact) mass is 380 g/mol. The first-order valence-electron chi connectivity index (χ1n) is 8.91. The molecule has 3 nitrogen and oxygen atoms in total. The van der Waals surface area contributed by atoms with Crippen molar-refractivity contribution in [2.45, 2.75) is 44.7 Å². The van der Waals surface area contributed by atoms with E-state index in [2.05, 4.69) is 27.3 Å². The van der Waals surface area contributed by atoms with Crippen LogP contribution in [0, 0.1) is 23.7 Å². The van der Waals surface area contributed by atoms with Crippen LogP contribution < -0.4 is 14.8 Å². The van der Waals surface area contributed by atoms with Crippen molar-refractivity contribution >= 4 is 15.9 Å². The van der Waals surface area contributed by atoms with Gasteiger partial charge in [0.2, 0.25) is 0 Å². The molecule has 0 aliphatic heterocycles. The van der Waals surface area contributed by atoms with Crippen molar-refractivity contribution in [3.05, 3.63) is 22.2 Å². The van der Waals surface area contributed by atoms with Crippen LogP contribution in [0.15, 0.2) is 16.6 Å². The van der Waals surface area contributed by atoms with Gasteiger partial charge in [-0.3, -0.25) is 0 Å². The highest BCUT2D eigenvalue weighted by molar-refractivity contribution is 9.10. The summed E-state index contributed by atoms with van der Waals surface area (Å²) in [4.78, 5) is 0. The SMILES string of the molecule is COc1cc(Br)c(C[NH2+]C2C3CC4CC(C3)CC2C4)cc1OC. The molecule has 4 heteroatoms. The Morgan fingerprint density at radius 1 is 0.957 bits per heavy atom. The summed E-state index contributed by atoms with van der Waals surface area (Å²) in [6, 6.07) is 4.98. The number of halogens is 1. The average molecular weight is 381 g/mol. The molecule has 126 valence electrons. The summed E-state index contributed by atoms with van der Waals surface area (Å²) in [6.07, 6.45) is 7.48. The van der Waals surface area contributed by atoms with Crippen molar-refractivity contribution in [1.82, 2.24) is 0 Å². The maximum Gasteiger partial charge on any atom is 0.161 e. The molecule has 2 N–H and O–H groups in total. The summed E-state index contributed by atoms with van der Waals surface area (Å²) in [7, 11) is 3.39. The minimum absolute atomic E-state index is 0.790. The van der Waals surface area contributed by atoms with Crippen LogP contribution in [0.4, 0.5) is 0 Å². The molecule has 5 rings (SSSR count). The number of hydrogen-bond acceptors (Lipinski definition) is 2. The highest BCUT2D eigenvalue weighted by atomic mass is 79.9. The zero-order valence-electron chi connectivity index (χ0n) is 14.1. The quantitative estimate of drug-likeness (QED) is 0.849. The maximum absolute atomic E-state index is 5.46. The van der Waals surface area contributed by atoms with E-state index in [4.69, 9.17) is 9.47 Å². The summed E-state index contributed by atoms with van der Waals surface area (Å²) in [5.41, 5.74) is 1.30. The molecular formula is C19H27BrNO2+. The maximum atomic E-state index is 5.46. The second kappa shape index (κ2) is 6.29. The zero-order chi connectivity index (χ0) is 16.0. The summed E-state index contributed by atoms with van der Waals surface area (Å²) >= 11 is 3.70. The van der Waals surface area contributed by atoms with E-state index in [0.717, 1.165) is 52.2 Å². The predicted molar refractivity (Wildman–Crippen MR) is 93.7 cm³/mol. The molecule has 4 saturated carbocycles. The molecule has 0 heterocycles. The molecule has 4 fully saturated rings. The first-order chi connectivity index (χ1) is 11.2. The number of quaternary nitrogens is 1. The molecule has 4 bridgehead atoms. The van der Waals surface area contributed by atoms with Crippen LogP contribution in [0.3, 0.4) is 0 Å². The smallest absolute Gasteiger partial charge is 0.161 e. The van der Waals surface area contributed by atoms with Gasteiger partial charge in [-0.2, -0.15) is 0 Å². The Labute approximate surface area is 147 Å². The van der Waals surface area contributed by atoms with Crippen molar-refractivity contribution in [2.24, 2.45) is 23.7 Å². The van der Waals surface area contributed by atoms with Gasteiger partial charge >= 0.3 is 0 Å². The molecule has 4 aliphatic carbocycles. The van der Waals surface area contributed by atoms with Crippen LogP contribution in [-0.2, 0) is 6.54 Å². The van der Waals surface area contributed by atoms with Gasteiger partial charge in [0.15, 0.2) is 11.5 Å². The molecule has 0 unspecified atom stereocenters. The number of rotatable bonds is 5. The Bertz CT molecular complexity index is 561. The van der Waals surface area contributed by atoms with E-state index < -0.39 is 0 Å². The van der Waals surface area contributed by atoms with Crippen LogP contribution in [0.5, 0.6) is 11.5 Å². The molecule has 1 aromatic rings. The number of methoxy groups -OCH3 is 2. The van der Waals surface area contributed by atoms with Gasteiger partial charge < -0.3 is 14.8 Å². The number of ether oxygens (including phenoxy) is 2. The Kier molecular flexibility index (Phi) is 4.31. The largest absolute Gasteiger partial charge is 0.493 e. The molecule has 4 aliphatic rings. The van der Waals surface area contributed by atoms with Crippen LogP contribution in [0.25, 0.3) is 0 Å². The first kappa shape index (κ1) is 15.8. The second-order valence-corrected chi connectivity index (χ2v) is 8.60. The van der Waals surface area contributed by atoms with Crippen LogP contribution in [0.1, 0.15) is 37.7 Å². The van der Waals surface area contributed by atoms with Crippen molar-refractivity contribution < 1.29 is 14.8 Å². The van der Waals surface area contributed by atoms with Crippen molar-refractivity contribution in [2.75, 3.05) is 14.2 Å². The Morgan fingerprint density at radius 3 is 2.09 bits per heavy atom. The van der Waals surface area contributed by atoms with E-state index >= 15 is 0 Å². The summed E-state index contributed by atoms with van der Waals surface area (Å²) in [5, 5.41) is 2.61. The lowest BCUT2D eigenvalue weighted by Gasteiger charge is -2.52. The van der Waals surface area contributed by atoms with E-state index in [1.165, 1.54) is 37.7 Å². The van der Waals surface area contributed by atoms with Gasteiger partial charge in [0.05, 0.1) is 20.3 Å². The van der Waals surface area contributed by atoms with Gasteiger partial charge in [-0.25, -0.2) is 0 Å². The van der Waals surface area contributed by atoms with E-state index in [1.54, 1.807) is 14.2 Å². The number of nitrogens with two attached hydrogens (primary N) is 1. The standard InChI is InChI=1S/C19H26BrNO2/c1-22-17-8-15(16(20)9-18(17)23-2)10-21-19-13-4-11-3-12(6-13)7-14(19)5-11/h8-9,11-14,19,21H,3-7,10H2,1-2H3/p+1. The summed E-state index contributed by atoms with van der Waals surface area (Å²) in [5.74, 6) is 5.64. The third-order valence-electron chi connectivity index (χ3n) is 6.46. The first-order valence-corrected chi connectivity index (χ1v) is 9.71. The van der Waals surface area contributed by atoms with Gasteiger partial charge in [-0.15, -0.1) is 0 Å².